The number of aryl methyl sites for hydroxylation is 1. The van der Waals surface area contributed by atoms with Crippen LogP contribution in [0.2, 0.25) is 0 Å². The summed E-state index contributed by atoms with van der Waals surface area (Å²) in [4.78, 5) is 7.20. The molecule has 392 valence electrons. The first-order chi connectivity index (χ1) is 34.7. The van der Waals surface area contributed by atoms with Gasteiger partial charge in [-0.2, -0.15) is 11.3 Å². The minimum atomic E-state index is -0.0265. The largest absolute Gasteiger partial charge is 0.311 e. The van der Waals surface area contributed by atoms with Crippen LogP contribution in [0.25, 0.3) is 11.1 Å². The molecule has 0 bridgehead atoms. The predicted molar refractivity (Wildman–Crippen MR) is 328 cm³/mol. The Hall–Kier alpha value is -4.54. The second-order valence-electron chi connectivity index (χ2n) is 31.3. The molecule has 6 aromatic rings. The van der Waals surface area contributed by atoms with Crippen LogP contribution >= 0.6 is 11.3 Å². The van der Waals surface area contributed by atoms with Crippen molar-refractivity contribution in [2.75, 3.05) is 9.80 Å². The lowest BCUT2D eigenvalue weighted by Gasteiger charge is -2.48. The zero-order chi connectivity index (χ0) is 53.9. The molecule has 0 spiro atoms. The number of anilines is 6. The van der Waals surface area contributed by atoms with Gasteiger partial charge in [-0.1, -0.05) is 168 Å². The van der Waals surface area contributed by atoms with Gasteiger partial charge in [0.25, 0.3) is 6.71 Å². The summed E-state index contributed by atoms with van der Waals surface area (Å²) in [5.41, 5.74) is 27.7. The maximum atomic E-state index is 2.85. The van der Waals surface area contributed by atoms with Crippen LogP contribution in [-0.4, -0.2) is 6.71 Å². The van der Waals surface area contributed by atoms with Gasteiger partial charge in [-0.25, -0.2) is 0 Å². The standard InChI is InChI=1S/C71H89BN2S/c1-42-35-56-59-57(36-42)74(54-26-22-44(63(2,3)4)38-46(54)43-21-24-47-49(37-43)66(9,10)29-27-64(47,5)6)60-58-61(71(19,20)34-33-70(58,17)18)75-62(60)72(59)53-40-51-52(69(15,16)32-31-68(51,13)14)41-55(53)73(56)45-23-25-48-50(39-45)67(11,12)30-28-65(48,7)8/h21-26,35-41H,27-34H2,1-20H3. The monoisotopic (exact) mass is 1010 g/mol. The van der Waals surface area contributed by atoms with E-state index >= 15 is 0 Å². The summed E-state index contributed by atoms with van der Waals surface area (Å²) in [6.45, 7) is 49.8. The lowest BCUT2D eigenvalue weighted by molar-refractivity contribution is 0.332. The van der Waals surface area contributed by atoms with Crippen LogP contribution in [0.15, 0.2) is 78.9 Å². The van der Waals surface area contributed by atoms with Crippen molar-refractivity contribution in [1.82, 2.24) is 0 Å². The van der Waals surface area contributed by atoms with Crippen LogP contribution in [0, 0.1) is 6.92 Å². The van der Waals surface area contributed by atoms with Gasteiger partial charge in [0.05, 0.1) is 11.4 Å². The molecular weight excluding hydrogens is 924 g/mol. The average molecular weight is 1010 g/mol. The van der Waals surface area contributed by atoms with Crippen LogP contribution in [0.4, 0.5) is 34.1 Å². The van der Waals surface area contributed by atoms with Crippen LogP contribution in [0.5, 0.6) is 0 Å². The first-order valence-electron chi connectivity index (χ1n) is 29.2. The van der Waals surface area contributed by atoms with E-state index in [1.54, 1.807) is 16.0 Å². The van der Waals surface area contributed by atoms with Gasteiger partial charge < -0.3 is 9.80 Å². The van der Waals surface area contributed by atoms with Gasteiger partial charge in [-0.15, -0.1) is 0 Å². The first-order valence-corrected chi connectivity index (χ1v) is 30.0. The smallest absolute Gasteiger partial charge is 0.264 e. The molecule has 0 fully saturated rings. The topological polar surface area (TPSA) is 6.48 Å². The zero-order valence-electron chi connectivity index (χ0n) is 50.0. The number of thiophene rings is 1. The summed E-state index contributed by atoms with van der Waals surface area (Å²) in [6, 6.07) is 33.5. The normalized spacial score (nSPS) is 22.2. The van der Waals surface area contributed by atoms with Crippen molar-refractivity contribution < 1.29 is 0 Å². The Morgan fingerprint density at radius 2 is 0.920 bits per heavy atom. The van der Waals surface area contributed by atoms with E-state index in [4.69, 9.17) is 0 Å². The molecule has 2 aliphatic heterocycles. The van der Waals surface area contributed by atoms with Gasteiger partial charge in [0.2, 0.25) is 0 Å². The molecule has 75 heavy (non-hydrogen) atoms. The Labute approximate surface area is 458 Å². The molecule has 2 nitrogen and oxygen atoms in total. The number of nitrogens with zero attached hydrogens (tertiary/aromatic N) is 2. The lowest BCUT2D eigenvalue weighted by atomic mass is 9.35. The third-order valence-electron chi connectivity index (χ3n) is 21.0. The van der Waals surface area contributed by atoms with Crippen molar-refractivity contribution in [3.8, 4) is 11.1 Å². The molecule has 12 rings (SSSR count). The molecular formula is C71H89BN2S. The second kappa shape index (κ2) is 15.8. The van der Waals surface area contributed by atoms with Gasteiger partial charge in [-0.05, 0) is 216 Å². The number of benzene rings is 5. The SMILES string of the molecule is Cc1cc2c3c(c1)N(c1ccc(C(C)(C)C)cc1-c1ccc4c(c1)C(C)(C)CCC4(C)C)c1c(sc4c1C(C)(C)CCC4(C)C)B3c1cc3c(cc1N2c1ccc2c(c1)C(C)(C)CCC2(C)C)C(C)(C)CCC3(C)C. The minimum absolute atomic E-state index is 0.0145. The first kappa shape index (κ1) is 51.2. The highest BCUT2D eigenvalue weighted by Gasteiger charge is 2.53. The highest BCUT2D eigenvalue weighted by Crippen LogP contribution is 2.59. The molecule has 0 saturated heterocycles. The molecule has 1 aromatic heterocycles. The van der Waals surface area contributed by atoms with Gasteiger partial charge >= 0.3 is 0 Å². The molecule has 0 unspecified atom stereocenters. The fourth-order valence-electron chi connectivity index (χ4n) is 15.4. The molecule has 3 heterocycles. The molecule has 0 atom stereocenters. The van der Waals surface area contributed by atoms with E-state index in [0.717, 1.165) is 0 Å². The van der Waals surface area contributed by atoms with E-state index in [2.05, 4.69) is 238 Å². The molecule has 0 amide bonds. The quantitative estimate of drug-likeness (QED) is 0.163. The van der Waals surface area contributed by atoms with E-state index in [1.807, 2.05) is 0 Å². The molecule has 4 aliphatic carbocycles. The lowest BCUT2D eigenvalue weighted by Crippen LogP contribution is -2.61. The van der Waals surface area contributed by atoms with E-state index in [1.165, 1.54) is 151 Å². The van der Waals surface area contributed by atoms with E-state index in [9.17, 15) is 0 Å². The van der Waals surface area contributed by atoms with Gasteiger partial charge in [0.15, 0.2) is 0 Å². The van der Waals surface area contributed by atoms with Crippen molar-refractivity contribution in [3.05, 3.63) is 134 Å². The predicted octanol–water partition coefficient (Wildman–Crippen LogP) is 18.5. The third kappa shape index (κ3) is 7.56. The fraction of sp³-hybridized carbons (Fsp3) is 0.521. The number of fused-ring (bicyclic) bond motifs is 9. The minimum Gasteiger partial charge on any atom is -0.311 e. The maximum Gasteiger partial charge on any atom is 0.264 e. The van der Waals surface area contributed by atoms with E-state index in [-0.39, 0.29) is 55.4 Å². The van der Waals surface area contributed by atoms with Crippen molar-refractivity contribution in [3.63, 3.8) is 0 Å². The molecule has 4 heteroatoms. The van der Waals surface area contributed by atoms with Crippen molar-refractivity contribution in [2.24, 2.45) is 0 Å². The number of hydrogen-bond acceptors (Lipinski definition) is 3. The molecule has 0 saturated carbocycles. The summed E-state index contributed by atoms with van der Waals surface area (Å²) >= 11 is 2.17. The van der Waals surface area contributed by atoms with E-state index < -0.39 is 0 Å². The van der Waals surface area contributed by atoms with Crippen molar-refractivity contribution >= 4 is 67.9 Å². The summed E-state index contributed by atoms with van der Waals surface area (Å²) in [5, 5.41) is 0. The summed E-state index contributed by atoms with van der Waals surface area (Å²) in [7, 11) is 0. The van der Waals surface area contributed by atoms with Gasteiger partial charge in [-0.3, -0.25) is 0 Å². The van der Waals surface area contributed by atoms with Gasteiger partial charge in [0.1, 0.15) is 0 Å². The summed E-state index contributed by atoms with van der Waals surface area (Å²) in [5.74, 6) is 0. The third-order valence-corrected chi connectivity index (χ3v) is 22.6. The number of rotatable bonds is 3. The van der Waals surface area contributed by atoms with Crippen molar-refractivity contribution in [2.45, 2.75) is 239 Å². The average Bonchev–Trinajstić information content (AvgIpc) is 3.75. The zero-order valence-corrected chi connectivity index (χ0v) is 50.9. The molecule has 0 N–H and O–H groups in total. The molecule has 6 aliphatic rings. The summed E-state index contributed by atoms with van der Waals surface area (Å²) < 4.78 is 1.53. The van der Waals surface area contributed by atoms with Crippen LogP contribution < -0.4 is 25.5 Å². The van der Waals surface area contributed by atoms with Crippen LogP contribution in [0.3, 0.4) is 0 Å². The second-order valence-corrected chi connectivity index (χ2v) is 32.4. The number of hydrogen-bond donors (Lipinski definition) is 0. The van der Waals surface area contributed by atoms with Crippen LogP contribution in [0.1, 0.15) is 238 Å². The van der Waals surface area contributed by atoms with Gasteiger partial charge in [0, 0.05) is 38.0 Å². The fourth-order valence-corrected chi connectivity index (χ4v) is 17.1. The Balaban J connectivity index is 1.22. The Morgan fingerprint density at radius 3 is 1.49 bits per heavy atom. The Morgan fingerprint density at radius 1 is 0.440 bits per heavy atom. The summed E-state index contributed by atoms with van der Waals surface area (Å²) in [6.07, 6.45) is 9.53. The Kier molecular flexibility index (Phi) is 10.8. The highest BCUT2D eigenvalue weighted by molar-refractivity contribution is 7.29. The maximum absolute atomic E-state index is 2.85. The Bertz CT molecular complexity index is 3410. The van der Waals surface area contributed by atoms with Crippen LogP contribution in [-0.2, 0) is 48.7 Å². The molecule has 0 radical (unpaired) electrons. The van der Waals surface area contributed by atoms with Crippen molar-refractivity contribution in [1.29, 1.82) is 0 Å². The van der Waals surface area contributed by atoms with E-state index in [0.29, 0.717) is 0 Å². The highest BCUT2D eigenvalue weighted by atomic mass is 32.1. The molecule has 5 aromatic carbocycles.